The number of methoxy groups -OCH3 is 2. The van der Waals surface area contributed by atoms with E-state index in [1.165, 1.54) is 14.2 Å². The first kappa shape index (κ1) is 24.9. The summed E-state index contributed by atoms with van der Waals surface area (Å²) in [5.41, 5.74) is -1.07. The van der Waals surface area contributed by atoms with Crippen LogP contribution in [-0.2, 0) is 49.4 Å². The lowest BCUT2D eigenvalue weighted by atomic mass is 9.97. The maximum Gasteiger partial charge on any atom is 0.264 e. The Morgan fingerprint density at radius 3 is 1.97 bits per heavy atom. The monoisotopic (exact) mass is 470 g/mol. The maximum absolute atomic E-state index is 11.5. The summed E-state index contributed by atoms with van der Waals surface area (Å²) in [6, 6.07) is 6.89. The third kappa shape index (κ3) is 6.85. The second kappa shape index (κ2) is 9.87. The van der Waals surface area contributed by atoms with Crippen LogP contribution in [0.3, 0.4) is 0 Å². The Labute approximate surface area is 176 Å². The van der Waals surface area contributed by atoms with Crippen molar-refractivity contribution in [1.82, 2.24) is 0 Å². The molecule has 11 nitrogen and oxygen atoms in total. The summed E-state index contributed by atoms with van der Waals surface area (Å²) in [6.07, 6.45) is -2.18. The quantitative estimate of drug-likeness (QED) is 0.423. The van der Waals surface area contributed by atoms with Crippen molar-refractivity contribution in [2.75, 3.05) is 39.9 Å². The molecule has 0 aliphatic carbocycles. The van der Waals surface area contributed by atoms with Gasteiger partial charge in [0.05, 0.1) is 26.2 Å². The molecule has 1 aromatic rings. The van der Waals surface area contributed by atoms with Crippen LogP contribution < -0.4 is 4.74 Å². The van der Waals surface area contributed by atoms with Gasteiger partial charge in [-0.3, -0.25) is 8.37 Å². The number of ether oxygens (including phenoxy) is 4. The van der Waals surface area contributed by atoms with E-state index in [9.17, 15) is 21.9 Å². The van der Waals surface area contributed by atoms with Crippen molar-refractivity contribution in [3.63, 3.8) is 0 Å². The molecule has 1 fully saturated rings. The zero-order chi connectivity index (χ0) is 22.6. The van der Waals surface area contributed by atoms with Crippen molar-refractivity contribution in [3.05, 3.63) is 29.8 Å². The molecule has 0 amide bonds. The van der Waals surface area contributed by atoms with Gasteiger partial charge in [0.1, 0.15) is 36.8 Å². The molecule has 0 bridgehead atoms. The molecular weight excluding hydrogens is 444 g/mol. The molecule has 0 radical (unpaired) electrons. The van der Waals surface area contributed by atoms with Gasteiger partial charge in [0.25, 0.3) is 20.2 Å². The molecule has 2 rings (SSSR count). The zero-order valence-electron chi connectivity index (χ0n) is 17.0. The minimum atomic E-state index is -3.92. The summed E-state index contributed by atoms with van der Waals surface area (Å²) in [7, 11) is -5.05. The van der Waals surface area contributed by atoms with Gasteiger partial charge in [-0.05, 0) is 17.7 Å². The van der Waals surface area contributed by atoms with Crippen LogP contribution in [0.5, 0.6) is 5.75 Å². The van der Waals surface area contributed by atoms with Crippen LogP contribution in [0.4, 0.5) is 0 Å². The van der Waals surface area contributed by atoms with E-state index in [0.717, 1.165) is 12.5 Å². The highest BCUT2D eigenvalue weighted by Crippen LogP contribution is 2.36. The van der Waals surface area contributed by atoms with Gasteiger partial charge < -0.3 is 24.1 Å². The molecule has 1 heterocycles. The van der Waals surface area contributed by atoms with Crippen LogP contribution in [0.25, 0.3) is 0 Å². The van der Waals surface area contributed by atoms with Crippen molar-refractivity contribution < 1.29 is 49.3 Å². The molecule has 1 unspecified atom stereocenters. The fourth-order valence-corrected chi connectivity index (χ4v) is 3.68. The largest absolute Gasteiger partial charge is 0.497 e. The standard InChI is InChI=1S/C17H26O11S2/c1-23-13-7-5-12(6-8-13)9-25-15-14(18)16(24-2)28-17(15,10-26-29(3,19)20)11-27-30(4,21)22/h5-8,14-16,18H,9-11H2,1-4H3/t14-,15+,16?/m1/s1. The Hall–Kier alpha value is -1.32. The van der Waals surface area contributed by atoms with Gasteiger partial charge in [-0.25, -0.2) is 0 Å². The molecule has 1 aromatic carbocycles. The first-order chi connectivity index (χ1) is 13.9. The Bertz CT molecular complexity index is 860. The predicted molar refractivity (Wildman–Crippen MR) is 104 cm³/mol. The van der Waals surface area contributed by atoms with Gasteiger partial charge in [-0.15, -0.1) is 0 Å². The average molecular weight is 471 g/mol. The van der Waals surface area contributed by atoms with Crippen LogP contribution >= 0.6 is 0 Å². The number of hydrogen-bond acceptors (Lipinski definition) is 11. The van der Waals surface area contributed by atoms with E-state index >= 15 is 0 Å². The summed E-state index contributed by atoms with van der Waals surface area (Å²) in [5, 5.41) is 10.6. The molecule has 0 spiro atoms. The summed E-state index contributed by atoms with van der Waals surface area (Å²) < 4.78 is 77.4. The van der Waals surface area contributed by atoms with Gasteiger partial charge in [0.15, 0.2) is 6.29 Å². The normalized spacial score (nSPS) is 24.1. The van der Waals surface area contributed by atoms with E-state index in [-0.39, 0.29) is 6.61 Å². The Balaban J connectivity index is 2.29. The second-order valence-corrected chi connectivity index (χ2v) is 10.1. The zero-order valence-corrected chi connectivity index (χ0v) is 18.6. The van der Waals surface area contributed by atoms with Crippen molar-refractivity contribution in [2.24, 2.45) is 0 Å². The molecule has 0 saturated carbocycles. The molecule has 1 aliphatic heterocycles. The van der Waals surface area contributed by atoms with Gasteiger partial charge in [-0.1, -0.05) is 12.1 Å². The number of benzene rings is 1. The highest BCUT2D eigenvalue weighted by atomic mass is 32.2. The lowest BCUT2D eigenvalue weighted by Crippen LogP contribution is -2.52. The number of rotatable bonds is 11. The molecule has 30 heavy (non-hydrogen) atoms. The van der Waals surface area contributed by atoms with Crippen LogP contribution in [-0.4, -0.2) is 86.0 Å². The van der Waals surface area contributed by atoms with Crippen LogP contribution in [0, 0.1) is 0 Å². The topological polar surface area (TPSA) is 144 Å². The molecule has 1 N–H and O–H groups in total. The van der Waals surface area contributed by atoms with E-state index in [0.29, 0.717) is 11.3 Å². The highest BCUT2D eigenvalue weighted by molar-refractivity contribution is 7.86. The SMILES string of the molecule is COc1ccc(CO[C@H]2[C@@H](O)C(OC)OC2(COS(C)(=O)=O)COS(C)(=O)=O)cc1. The molecular formula is C17H26O11S2. The fraction of sp³-hybridized carbons (Fsp3) is 0.647. The average Bonchev–Trinajstić information content (AvgIpc) is 2.94. The molecule has 3 atom stereocenters. The van der Waals surface area contributed by atoms with Crippen molar-refractivity contribution in [2.45, 2.75) is 30.7 Å². The summed E-state index contributed by atoms with van der Waals surface area (Å²) in [6.45, 7) is -1.33. The third-order valence-corrected chi connectivity index (χ3v) is 5.41. The molecule has 13 heteroatoms. The van der Waals surface area contributed by atoms with E-state index in [1.54, 1.807) is 24.3 Å². The number of aliphatic hydroxyl groups is 1. The van der Waals surface area contributed by atoms with Gasteiger partial charge in [-0.2, -0.15) is 16.8 Å². The highest BCUT2D eigenvalue weighted by Gasteiger charge is 2.57. The van der Waals surface area contributed by atoms with Crippen molar-refractivity contribution in [3.8, 4) is 5.75 Å². The second-order valence-electron chi connectivity index (χ2n) is 6.79. The summed E-state index contributed by atoms with van der Waals surface area (Å²) in [4.78, 5) is 0. The Morgan fingerprint density at radius 2 is 1.53 bits per heavy atom. The van der Waals surface area contributed by atoms with E-state index in [4.69, 9.17) is 27.3 Å². The molecule has 1 aliphatic rings. The minimum absolute atomic E-state index is 0.00891. The molecule has 0 aromatic heterocycles. The first-order valence-corrected chi connectivity index (χ1v) is 12.3. The Kier molecular flexibility index (Phi) is 8.21. The van der Waals surface area contributed by atoms with E-state index < -0.39 is 57.5 Å². The minimum Gasteiger partial charge on any atom is -0.497 e. The van der Waals surface area contributed by atoms with Crippen LogP contribution in [0.2, 0.25) is 0 Å². The van der Waals surface area contributed by atoms with Gasteiger partial charge in [0, 0.05) is 7.11 Å². The lowest BCUT2D eigenvalue weighted by molar-refractivity contribution is -0.196. The summed E-state index contributed by atoms with van der Waals surface area (Å²) in [5.74, 6) is 0.639. The van der Waals surface area contributed by atoms with Crippen molar-refractivity contribution in [1.29, 1.82) is 0 Å². The first-order valence-electron chi connectivity index (χ1n) is 8.71. The van der Waals surface area contributed by atoms with Gasteiger partial charge in [0.2, 0.25) is 0 Å². The molecule has 1 saturated heterocycles. The number of hydrogen-bond donors (Lipinski definition) is 1. The van der Waals surface area contributed by atoms with E-state index in [2.05, 4.69) is 0 Å². The van der Waals surface area contributed by atoms with Crippen LogP contribution in [0.15, 0.2) is 24.3 Å². The predicted octanol–water partition coefficient (Wildman–Crippen LogP) is -0.365. The van der Waals surface area contributed by atoms with Gasteiger partial charge >= 0.3 is 0 Å². The molecule has 172 valence electrons. The number of aliphatic hydroxyl groups excluding tert-OH is 1. The van der Waals surface area contributed by atoms with Crippen LogP contribution in [0.1, 0.15) is 5.56 Å². The Morgan fingerprint density at radius 1 is 1.00 bits per heavy atom. The third-order valence-electron chi connectivity index (χ3n) is 4.31. The smallest absolute Gasteiger partial charge is 0.264 e. The summed E-state index contributed by atoms with van der Waals surface area (Å²) >= 11 is 0. The van der Waals surface area contributed by atoms with Crippen molar-refractivity contribution >= 4 is 20.2 Å². The lowest BCUT2D eigenvalue weighted by Gasteiger charge is -2.33. The maximum atomic E-state index is 11.5. The van der Waals surface area contributed by atoms with E-state index in [1.807, 2.05) is 0 Å². The fourth-order valence-electron chi connectivity index (χ4n) is 2.86.